The van der Waals surface area contributed by atoms with E-state index in [1.807, 2.05) is 44.2 Å². The number of hydrogen-bond acceptors (Lipinski definition) is 5. The Kier molecular flexibility index (Phi) is 6.54. The Morgan fingerprint density at radius 1 is 1.12 bits per heavy atom. The van der Waals surface area contributed by atoms with Crippen molar-refractivity contribution >= 4 is 11.9 Å². The molecule has 0 fully saturated rings. The van der Waals surface area contributed by atoms with Crippen LogP contribution in [0.2, 0.25) is 0 Å². The van der Waals surface area contributed by atoms with Gasteiger partial charge >= 0.3 is 0 Å². The van der Waals surface area contributed by atoms with Crippen molar-refractivity contribution in [3.8, 4) is 5.75 Å². The number of nitrogens with zero attached hydrogens (tertiary/aromatic N) is 2. The summed E-state index contributed by atoms with van der Waals surface area (Å²) in [7, 11) is 1.63. The minimum Gasteiger partial charge on any atom is -0.497 e. The van der Waals surface area contributed by atoms with Gasteiger partial charge in [-0.25, -0.2) is 9.97 Å². The molecule has 2 aromatic rings. The maximum Gasteiger partial charge on any atom is 0.223 e. The lowest BCUT2D eigenvalue weighted by Crippen LogP contribution is -2.23. The Morgan fingerprint density at radius 2 is 1.79 bits per heavy atom. The van der Waals surface area contributed by atoms with E-state index in [4.69, 9.17) is 4.74 Å². The molecule has 0 bridgehead atoms. The first kappa shape index (κ1) is 17.7. The minimum atomic E-state index is 0.0361. The zero-order chi connectivity index (χ0) is 17.4. The Labute approximate surface area is 142 Å². The largest absolute Gasteiger partial charge is 0.497 e. The van der Waals surface area contributed by atoms with E-state index in [1.54, 1.807) is 7.11 Å². The lowest BCUT2D eigenvalue weighted by molar-refractivity contribution is -0.121. The maximum atomic E-state index is 11.9. The first-order chi connectivity index (χ1) is 11.6. The summed E-state index contributed by atoms with van der Waals surface area (Å²) in [6, 6.07) is 9.58. The Hall–Kier alpha value is -2.63. The molecule has 6 heteroatoms. The standard InChI is InChI=1S/C18H24N4O2/c1-13-11-14(2)22-18(21-13)19-10-4-5-17(23)20-12-15-6-8-16(24-3)9-7-15/h6-9,11H,4-5,10,12H2,1-3H3,(H,20,23)(H,19,21,22). The number of ether oxygens (including phenoxy) is 1. The molecule has 0 aliphatic carbocycles. The van der Waals surface area contributed by atoms with Crippen molar-refractivity contribution in [1.82, 2.24) is 15.3 Å². The van der Waals surface area contributed by atoms with Crippen LogP contribution in [0.1, 0.15) is 29.8 Å². The molecule has 1 aromatic carbocycles. The van der Waals surface area contributed by atoms with E-state index < -0.39 is 0 Å². The number of aromatic nitrogens is 2. The van der Waals surface area contributed by atoms with Crippen LogP contribution < -0.4 is 15.4 Å². The average molecular weight is 328 g/mol. The molecule has 1 amide bonds. The fourth-order valence-electron chi connectivity index (χ4n) is 2.29. The van der Waals surface area contributed by atoms with Gasteiger partial charge in [0.15, 0.2) is 0 Å². The number of benzene rings is 1. The van der Waals surface area contributed by atoms with Crippen molar-refractivity contribution in [3.63, 3.8) is 0 Å². The van der Waals surface area contributed by atoms with Gasteiger partial charge in [0, 0.05) is 30.9 Å². The van der Waals surface area contributed by atoms with Crippen LogP contribution in [0.3, 0.4) is 0 Å². The van der Waals surface area contributed by atoms with Crippen LogP contribution in [0.5, 0.6) is 5.75 Å². The van der Waals surface area contributed by atoms with Gasteiger partial charge in [0.05, 0.1) is 7.11 Å². The van der Waals surface area contributed by atoms with Crippen molar-refractivity contribution in [2.45, 2.75) is 33.2 Å². The third-order valence-electron chi connectivity index (χ3n) is 3.49. The number of rotatable bonds is 8. The van der Waals surface area contributed by atoms with Gasteiger partial charge < -0.3 is 15.4 Å². The summed E-state index contributed by atoms with van der Waals surface area (Å²) in [6.07, 6.45) is 1.19. The van der Waals surface area contributed by atoms with E-state index in [-0.39, 0.29) is 5.91 Å². The van der Waals surface area contributed by atoms with Crippen molar-refractivity contribution < 1.29 is 9.53 Å². The van der Waals surface area contributed by atoms with Crippen molar-refractivity contribution in [2.75, 3.05) is 19.0 Å². The van der Waals surface area contributed by atoms with E-state index in [0.29, 0.717) is 25.5 Å². The van der Waals surface area contributed by atoms with E-state index in [0.717, 1.165) is 29.1 Å². The molecule has 0 spiro atoms. The van der Waals surface area contributed by atoms with Gasteiger partial charge in [0.1, 0.15) is 5.75 Å². The van der Waals surface area contributed by atoms with E-state index in [9.17, 15) is 4.79 Å². The van der Waals surface area contributed by atoms with Crippen molar-refractivity contribution in [3.05, 3.63) is 47.3 Å². The Balaban J connectivity index is 1.65. The highest BCUT2D eigenvalue weighted by Crippen LogP contribution is 2.11. The molecular weight excluding hydrogens is 304 g/mol. The van der Waals surface area contributed by atoms with Crippen LogP contribution >= 0.6 is 0 Å². The second-order valence-corrected chi connectivity index (χ2v) is 5.63. The molecule has 6 nitrogen and oxygen atoms in total. The van der Waals surface area contributed by atoms with Gasteiger partial charge in [0.2, 0.25) is 11.9 Å². The van der Waals surface area contributed by atoms with Gasteiger partial charge in [-0.2, -0.15) is 0 Å². The van der Waals surface area contributed by atoms with E-state index in [2.05, 4.69) is 20.6 Å². The van der Waals surface area contributed by atoms with Gasteiger partial charge in [-0.3, -0.25) is 4.79 Å². The van der Waals surface area contributed by atoms with Gasteiger partial charge in [0.25, 0.3) is 0 Å². The lowest BCUT2D eigenvalue weighted by Gasteiger charge is -2.08. The highest BCUT2D eigenvalue weighted by atomic mass is 16.5. The van der Waals surface area contributed by atoms with E-state index in [1.165, 1.54) is 0 Å². The van der Waals surface area contributed by atoms with Gasteiger partial charge in [-0.15, -0.1) is 0 Å². The molecular formula is C18H24N4O2. The fraction of sp³-hybridized carbons (Fsp3) is 0.389. The first-order valence-electron chi connectivity index (χ1n) is 8.02. The van der Waals surface area contributed by atoms with Crippen LogP contribution in [0.25, 0.3) is 0 Å². The summed E-state index contributed by atoms with van der Waals surface area (Å²) in [5, 5.41) is 6.07. The average Bonchev–Trinajstić information content (AvgIpc) is 2.56. The summed E-state index contributed by atoms with van der Waals surface area (Å²) < 4.78 is 5.11. The second kappa shape index (κ2) is 8.86. The number of nitrogens with one attached hydrogen (secondary N) is 2. The predicted molar refractivity (Wildman–Crippen MR) is 94.1 cm³/mol. The number of carbonyl (C=O) groups excluding carboxylic acids is 1. The minimum absolute atomic E-state index is 0.0361. The second-order valence-electron chi connectivity index (χ2n) is 5.63. The number of carbonyl (C=O) groups is 1. The quantitative estimate of drug-likeness (QED) is 0.729. The molecule has 0 saturated carbocycles. The van der Waals surface area contributed by atoms with Crippen LogP contribution in [-0.4, -0.2) is 29.5 Å². The molecule has 24 heavy (non-hydrogen) atoms. The summed E-state index contributed by atoms with van der Waals surface area (Å²) in [5.74, 6) is 1.46. The summed E-state index contributed by atoms with van der Waals surface area (Å²) in [4.78, 5) is 20.5. The topological polar surface area (TPSA) is 76.1 Å². The fourth-order valence-corrected chi connectivity index (χ4v) is 2.29. The monoisotopic (exact) mass is 328 g/mol. The van der Waals surface area contributed by atoms with Crippen LogP contribution in [-0.2, 0) is 11.3 Å². The predicted octanol–water partition coefficient (Wildman–Crippen LogP) is 2.61. The molecule has 128 valence electrons. The van der Waals surface area contributed by atoms with Crippen LogP contribution in [0.15, 0.2) is 30.3 Å². The third kappa shape index (κ3) is 5.87. The highest BCUT2D eigenvalue weighted by molar-refractivity contribution is 5.75. The zero-order valence-corrected chi connectivity index (χ0v) is 14.4. The normalized spacial score (nSPS) is 10.3. The molecule has 0 saturated heterocycles. The molecule has 2 rings (SSSR count). The van der Waals surface area contributed by atoms with Crippen LogP contribution in [0, 0.1) is 13.8 Å². The number of anilines is 1. The third-order valence-corrected chi connectivity index (χ3v) is 3.49. The Morgan fingerprint density at radius 3 is 2.42 bits per heavy atom. The molecule has 0 aliphatic heterocycles. The molecule has 0 radical (unpaired) electrons. The lowest BCUT2D eigenvalue weighted by atomic mass is 10.2. The Bertz CT molecular complexity index is 651. The molecule has 1 heterocycles. The van der Waals surface area contributed by atoms with Gasteiger partial charge in [-0.05, 0) is 44.0 Å². The maximum absolute atomic E-state index is 11.9. The number of aryl methyl sites for hydroxylation is 2. The zero-order valence-electron chi connectivity index (χ0n) is 14.4. The number of amides is 1. The SMILES string of the molecule is COc1ccc(CNC(=O)CCCNc2nc(C)cc(C)n2)cc1. The van der Waals surface area contributed by atoms with E-state index >= 15 is 0 Å². The smallest absolute Gasteiger partial charge is 0.223 e. The van der Waals surface area contributed by atoms with Gasteiger partial charge in [-0.1, -0.05) is 12.1 Å². The van der Waals surface area contributed by atoms with Crippen molar-refractivity contribution in [1.29, 1.82) is 0 Å². The highest BCUT2D eigenvalue weighted by Gasteiger charge is 2.03. The molecule has 0 atom stereocenters. The number of hydrogen-bond donors (Lipinski definition) is 2. The summed E-state index contributed by atoms with van der Waals surface area (Å²) in [6.45, 7) is 5.06. The molecule has 0 aliphatic rings. The molecule has 0 unspecified atom stereocenters. The number of methoxy groups -OCH3 is 1. The molecule has 2 N–H and O–H groups in total. The summed E-state index contributed by atoms with van der Waals surface area (Å²) >= 11 is 0. The summed E-state index contributed by atoms with van der Waals surface area (Å²) in [5.41, 5.74) is 2.91. The van der Waals surface area contributed by atoms with Crippen LogP contribution in [0.4, 0.5) is 5.95 Å². The van der Waals surface area contributed by atoms with Crippen molar-refractivity contribution in [2.24, 2.45) is 0 Å². The molecule has 1 aromatic heterocycles. The first-order valence-corrected chi connectivity index (χ1v) is 8.02.